The van der Waals surface area contributed by atoms with Crippen molar-refractivity contribution in [2.24, 2.45) is 0 Å². The van der Waals surface area contributed by atoms with Gasteiger partial charge in [0.1, 0.15) is 11.4 Å². The number of ether oxygens (including phenoxy) is 1. The van der Waals surface area contributed by atoms with E-state index in [-0.39, 0.29) is 17.2 Å². The molecule has 2 N–H and O–H groups in total. The molecule has 1 amide bonds. The van der Waals surface area contributed by atoms with E-state index in [0.29, 0.717) is 17.7 Å². The highest BCUT2D eigenvalue weighted by Crippen LogP contribution is 2.17. The third kappa shape index (κ3) is 3.23. The number of rotatable bonds is 4. The lowest BCUT2D eigenvalue weighted by molar-refractivity contribution is 0.102. The van der Waals surface area contributed by atoms with Crippen molar-refractivity contribution in [3.8, 4) is 5.75 Å². The van der Waals surface area contributed by atoms with E-state index in [2.05, 4.69) is 10.3 Å². The van der Waals surface area contributed by atoms with Crippen LogP contribution in [0, 0.1) is 0 Å². The summed E-state index contributed by atoms with van der Waals surface area (Å²) in [4.78, 5) is 26.9. The number of hydrogen-bond donors (Lipinski definition) is 2. The first-order valence-electron chi connectivity index (χ1n) is 7.33. The van der Waals surface area contributed by atoms with Crippen molar-refractivity contribution in [1.29, 1.82) is 0 Å². The van der Waals surface area contributed by atoms with Crippen LogP contribution in [0.4, 0.5) is 5.69 Å². The molecule has 1 aromatic heterocycles. The largest absolute Gasteiger partial charge is 0.494 e. The molecule has 1 heterocycles. The first kappa shape index (κ1) is 14.8. The zero-order chi connectivity index (χ0) is 16.2. The fourth-order valence-electron chi connectivity index (χ4n) is 2.33. The van der Waals surface area contributed by atoms with Crippen molar-refractivity contribution in [1.82, 2.24) is 4.98 Å². The monoisotopic (exact) mass is 308 g/mol. The first-order valence-corrected chi connectivity index (χ1v) is 7.33. The van der Waals surface area contributed by atoms with Gasteiger partial charge in [-0.15, -0.1) is 0 Å². The average Bonchev–Trinajstić information content (AvgIpc) is 2.57. The summed E-state index contributed by atoms with van der Waals surface area (Å²) in [5.74, 6) is 0.377. The lowest BCUT2D eigenvalue weighted by Gasteiger charge is -2.07. The molecule has 2 aromatic carbocycles. The van der Waals surface area contributed by atoms with Crippen LogP contribution >= 0.6 is 0 Å². The van der Waals surface area contributed by atoms with Crippen molar-refractivity contribution in [2.75, 3.05) is 11.9 Å². The number of aromatic nitrogens is 1. The van der Waals surface area contributed by atoms with E-state index >= 15 is 0 Å². The topological polar surface area (TPSA) is 71.2 Å². The van der Waals surface area contributed by atoms with Crippen LogP contribution in [-0.4, -0.2) is 17.5 Å². The van der Waals surface area contributed by atoms with E-state index in [0.717, 1.165) is 11.1 Å². The number of fused-ring (bicyclic) bond motifs is 1. The Labute approximate surface area is 132 Å². The smallest absolute Gasteiger partial charge is 0.272 e. The molecule has 0 bridgehead atoms. The number of hydrogen-bond acceptors (Lipinski definition) is 3. The maximum atomic E-state index is 12.3. The predicted molar refractivity (Wildman–Crippen MR) is 90.1 cm³/mol. The fraction of sp³-hybridized carbons (Fsp3) is 0.111. The summed E-state index contributed by atoms with van der Waals surface area (Å²) in [6.45, 7) is 2.50. The van der Waals surface area contributed by atoms with Gasteiger partial charge in [-0.3, -0.25) is 9.59 Å². The molecule has 0 aliphatic heterocycles. The van der Waals surface area contributed by atoms with E-state index in [1.807, 2.05) is 13.0 Å². The summed E-state index contributed by atoms with van der Waals surface area (Å²) in [6, 6.07) is 15.9. The Bertz CT molecular complexity index is 898. The summed E-state index contributed by atoms with van der Waals surface area (Å²) in [5.41, 5.74) is 0.579. The van der Waals surface area contributed by atoms with Gasteiger partial charge in [-0.2, -0.15) is 0 Å². The Kier molecular flexibility index (Phi) is 4.10. The highest BCUT2D eigenvalue weighted by molar-refractivity contribution is 6.04. The highest BCUT2D eigenvalue weighted by Gasteiger charge is 2.09. The molecular weight excluding hydrogens is 292 g/mol. The van der Waals surface area contributed by atoms with Gasteiger partial charge in [0.25, 0.3) is 11.5 Å². The van der Waals surface area contributed by atoms with E-state index < -0.39 is 0 Å². The van der Waals surface area contributed by atoms with Gasteiger partial charge < -0.3 is 15.0 Å². The molecule has 0 aliphatic rings. The second kappa shape index (κ2) is 6.36. The number of carbonyl (C=O) groups excluding carboxylic acids is 1. The van der Waals surface area contributed by atoms with Crippen LogP contribution in [0.1, 0.15) is 17.4 Å². The van der Waals surface area contributed by atoms with Crippen molar-refractivity contribution < 1.29 is 9.53 Å². The van der Waals surface area contributed by atoms with Crippen molar-refractivity contribution in [3.63, 3.8) is 0 Å². The van der Waals surface area contributed by atoms with Gasteiger partial charge in [0, 0.05) is 11.1 Å². The van der Waals surface area contributed by atoms with Gasteiger partial charge in [-0.1, -0.05) is 18.2 Å². The van der Waals surface area contributed by atoms with Crippen LogP contribution in [0.15, 0.2) is 59.4 Å². The van der Waals surface area contributed by atoms with Gasteiger partial charge in [-0.25, -0.2) is 0 Å². The summed E-state index contributed by atoms with van der Waals surface area (Å²) in [7, 11) is 0. The third-order valence-electron chi connectivity index (χ3n) is 3.42. The summed E-state index contributed by atoms with van der Waals surface area (Å²) in [5, 5.41) is 4.04. The molecular formula is C18H16N2O3. The molecule has 0 fully saturated rings. The molecule has 0 aliphatic carbocycles. The SMILES string of the molecule is CCOc1ccc(NC(=O)c2cc3ccccc3c(=O)[nH]2)cc1. The Morgan fingerprint density at radius 2 is 1.87 bits per heavy atom. The molecule has 116 valence electrons. The first-order chi connectivity index (χ1) is 11.2. The fourth-order valence-corrected chi connectivity index (χ4v) is 2.33. The van der Waals surface area contributed by atoms with Gasteiger partial charge in [0.2, 0.25) is 0 Å². The van der Waals surface area contributed by atoms with Crippen LogP contribution in [-0.2, 0) is 0 Å². The normalized spacial score (nSPS) is 10.5. The molecule has 3 aromatic rings. The second-order valence-electron chi connectivity index (χ2n) is 5.01. The Morgan fingerprint density at radius 3 is 2.61 bits per heavy atom. The maximum absolute atomic E-state index is 12.3. The molecule has 5 heteroatoms. The Hall–Kier alpha value is -3.08. The second-order valence-corrected chi connectivity index (χ2v) is 5.01. The van der Waals surface area contributed by atoms with Crippen LogP contribution < -0.4 is 15.6 Å². The van der Waals surface area contributed by atoms with Gasteiger partial charge in [-0.05, 0) is 48.7 Å². The average molecular weight is 308 g/mol. The molecule has 0 atom stereocenters. The highest BCUT2D eigenvalue weighted by atomic mass is 16.5. The number of benzene rings is 2. The van der Waals surface area contributed by atoms with Crippen LogP contribution in [0.3, 0.4) is 0 Å². The van der Waals surface area contributed by atoms with Crippen molar-refractivity contribution in [2.45, 2.75) is 6.92 Å². The number of carbonyl (C=O) groups is 1. The quantitative estimate of drug-likeness (QED) is 0.777. The minimum atomic E-state index is -0.364. The van der Waals surface area contributed by atoms with Gasteiger partial charge in [0.05, 0.1) is 6.61 Å². The molecule has 0 unspecified atom stereocenters. The minimum absolute atomic E-state index is 0.225. The van der Waals surface area contributed by atoms with E-state index in [1.165, 1.54) is 0 Å². The summed E-state index contributed by atoms with van der Waals surface area (Å²) >= 11 is 0. The number of nitrogens with one attached hydrogen (secondary N) is 2. The molecule has 3 rings (SSSR count). The maximum Gasteiger partial charge on any atom is 0.272 e. The lowest BCUT2D eigenvalue weighted by Crippen LogP contribution is -2.18. The predicted octanol–water partition coefficient (Wildman–Crippen LogP) is 3.18. The minimum Gasteiger partial charge on any atom is -0.494 e. The molecule has 0 saturated carbocycles. The molecule has 0 saturated heterocycles. The Balaban J connectivity index is 1.84. The zero-order valence-corrected chi connectivity index (χ0v) is 12.6. The Morgan fingerprint density at radius 1 is 1.13 bits per heavy atom. The van der Waals surface area contributed by atoms with Crippen molar-refractivity contribution in [3.05, 3.63) is 70.6 Å². The summed E-state index contributed by atoms with van der Waals surface area (Å²) in [6.07, 6.45) is 0. The molecule has 5 nitrogen and oxygen atoms in total. The number of H-pyrrole nitrogens is 1. The molecule has 23 heavy (non-hydrogen) atoms. The third-order valence-corrected chi connectivity index (χ3v) is 3.42. The van der Waals surface area contributed by atoms with E-state index in [1.54, 1.807) is 48.5 Å². The van der Waals surface area contributed by atoms with Crippen LogP contribution in [0.2, 0.25) is 0 Å². The van der Waals surface area contributed by atoms with E-state index in [4.69, 9.17) is 4.74 Å². The zero-order valence-electron chi connectivity index (χ0n) is 12.6. The lowest BCUT2D eigenvalue weighted by atomic mass is 10.1. The van der Waals surface area contributed by atoms with E-state index in [9.17, 15) is 9.59 Å². The standard InChI is InChI=1S/C18H16N2O3/c1-2-23-14-9-7-13(8-10-14)19-18(22)16-11-12-5-3-4-6-15(12)17(21)20-16/h3-11H,2H2,1H3,(H,19,22)(H,20,21). The van der Waals surface area contributed by atoms with Gasteiger partial charge in [0.15, 0.2) is 0 Å². The number of pyridine rings is 1. The molecule has 0 spiro atoms. The number of amides is 1. The molecule has 0 radical (unpaired) electrons. The van der Waals surface area contributed by atoms with Crippen LogP contribution in [0.5, 0.6) is 5.75 Å². The van der Waals surface area contributed by atoms with Gasteiger partial charge >= 0.3 is 0 Å². The summed E-state index contributed by atoms with van der Waals surface area (Å²) < 4.78 is 5.35. The number of anilines is 1. The van der Waals surface area contributed by atoms with Crippen LogP contribution in [0.25, 0.3) is 10.8 Å². The number of aromatic amines is 1. The van der Waals surface area contributed by atoms with Crippen molar-refractivity contribution >= 4 is 22.4 Å².